The van der Waals surface area contributed by atoms with Gasteiger partial charge in [0.2, 0.25) is 0 Å². The van der Waals surface area contributed by atoms with Gasteiger partial charge in [0, 0.05) is 27.1 Å². The minimum atomic E-state index is 0.141. The van der Waals surface area contributed by atoms with Crippen LogP contribution in [0.1, 0.15) is 27.7 Å². The van der Waals surface area contributed by atoms with Crippen molar-refractivity contribution in [2.75, 3.05) is 11.4 Å². The number of hydrogen-bond acceptors (Lipinski definition) is 3. The third kappa shape index (κ3) is 2.47. The smallest absolute Gasteiger partial charge is 0.159 e. The van der Waals surface area contributed by atoms with Crippen LogP contribution in [-0.4, -0.2) is 12.3 Å². The second-order valence-corrected chi connectivity index (χ2v) is 6.62. The number of ketones is 1. The summed E-state index contributed by atoms with van der Waals surface area (Å²) >= 11 is 5.36. The Kier molecular flexibility index (Phi) is 3.46. The van der Waals surface area contributed by atoms with E-state index in [9.17, 15) is 4.79 Å². The fraction of sp³-hybridized carbons (Fsp3) is 0.267. The Morgan fingerprint density at radius 3 is 2.95 bits per heavy atom. The lowest BCUT2D eigenvalue weighted by Gasteiger charge is -2.19. The molecule has 4 heteroatoms. The van der Waals surface area contributed by atoms with Crippen molar-refractivity contribution in [3.63, 3.8) is 0 Å². The zero-order valence-electron chi connectivity index (χ0n) is 10.6. The van der Waals surface area contributed by atoms with Crippen LogP contribution in [0.25, 0.3) is 0 Å². The van der Waals surface area contributed by atoms with Crippen LogP contribution in [0.5, 0.6) is 0 Å². The second kappa shape index (κ2) is 5.10. The van der Waals surface area contributed by atoms with Crippen LogP contribution >= 0.6 is 27.3 Å². The number of rotatable bonds is 3. The highest BCUT2D eigenvalue weighted by molar-refractivity contribution is 9.10. The van der Waals surface area contributed by atoms with Gasteiger partial charge in [-0.2, -0.15) is 0 Å². The maximum atomic E-state index is 11.4. The third-order valence-electron chi connectivity index (χ3n) is 3.50. The third-order valence-corrected chi connectivity index (χ3v) is 5.41. The van der Waals surface area contributed by atoms with Gasteiger partial charge in [-0.1, -0.05) is 0 Å². The summed E-state index contributed by atoms with van der Waals surface area (Å²) in [5.41, 5.74) is 3.38. The average molecular weight is 336 g/mol. The normalized spacial score (nSPS) is 13.7. The van der Waals surface area contributed by atoms with Gasteiger partial charge in [0.15, 0.2) is 5.78 Å². The predicted octanol–water partition coefficient (Wildman–Crippen LogP) is 4.28. The number of Topliss-reactive ketones (excluding diaryl/α,β-unsaturated/α-hetero) is 1. The summed E-state index contributed by atoms with van der Waals surface area (Å²) in [5.74, 6) is 0.141. The van der Waals surface area contributed by atoms with Gasteiger partial charge in [-0.05, 0) is 64.5 Å². The molecule has 0 fully saturated rings. The highest BCUT2D eigenvalue weighted by Gasteiger charge is 2.21. The van der Waals surface area contributed by atoms with Crippen molar-refractivity contribution < 1.29 is 4.79 Å². The van der Waals surface area contributed by atoms with Gasteiger partial charge in [0.25, 0.3) is 0 Å². The van der Waals surface area contributed by atoms with Gasteiger partial charge >= 0.3 is 0 Å². The van der Waals surface area contributed by atoms with E-state index < -0.39 is 0 Å². The molecular formula is C15H14BrNOS. The van der Waals surface area contributed by atoms with E-state index in [1.807, 2.05) is 12.1 Å². The number of carbonyl (C=O) groups excluding carboxylic acids is 1. The summed E-state index contributed by atoms with van der Waals surface area (Å²) < 4.78 is 1.19. The zero-order valence-corrected chi connectivity index (χ0v) is 13.1. The molecule has 0 N–H and O–H groups in total. The molecule has 0 saturated carbocycles. The molecule has 1 aromatic carbocycles. The number of benzene rings is 1. The van der Waals surface area contributed by atoms with Crippen LogP contribution in [0.3, 0.4) is 0 Å². The Bertz CT molecular complexity index is 635. The molecule has 2 aromatic rings. The van der Waals surface area contributed by atoms with Crippen molar-refractivity contribution in [3.05, 3.63) is 50.1 Å². The van der Waals surface area contributed by atoms with E-state index >= 15 is 0 Å². The van der Waals surface area contributed by atoms with Gasteiger partial charge in [-0.25, -0.2) is 0 Å². The van der Waals surface area contributed by atoms with Crippen molar-refractivity contribution in [2.24, 2.45) is 0 Å². The molecule has 1 aliphatic heterocycles. The topological polar surface area (TPSA) is 20.3 Å². The van der Waals surface area contributed by atoms with Crippen LogP contribution in [0, 0.1) is 0 Å². The molecule has 0 amide bonds. The fourth-order valence-electron chi connectivity index (χ4n) is 2.46. The standard InChI is InChI=1S/C15H14BrNOS/c1-10(18)11-2-3-14-12(8-11)4-6-17(14)9-15-13(16)5-7-19-15/h2-3,5,7-8H,4,6,9H2,1H3. The Hall–Kier alpha value is -1.13. The largest absolute Gasteiger partial charge is 0.366 e. The molecule has 0 radical (unpaired) electrons. The van der Waals surface area contributed by atoms with E-state index in [0.717, 1.165) is 25.1 Å². The van der Waals surface area contributed by atoms with Crippen molar-refractivity contribution in [1.82, 2.24) is 0 Å². The lowest BCUT2D eigenvalue weighted by Crippen LogP contribution is -2.19. The molecule has 98 valence electrons. The van der Waals surface area contributed by atoms with E-state index in [1.165, 1.54) is 20.6 Å². The summed E-state index contributed by atoms with van der Waals surface area (Å²) in [6.07, 6.45) is 1.03. The Morgan fingerprint density at radius 2 is 2.26 bits per heavy atom. The van der Waals surface area contributed by atoms with E-state index in [-0.39, 0.29) is 5.78 Å². The lowest BCUT2D eigenvalue weighted by molar-refractivity contribution is 0.101. The average Bonchev–Trinajstić information content (AvgIpc) is 2.97. The Balaban J connectivity index is 1.86. The highest BCUT2D eigenvalue weighted by Crippen LogP contribution is 2.33. The van der Waals surface area contributed by atoms with Crippen molar-refractivity contribution in [1.29, 1.82) is 0 Å². The van der Waals surface area contributed by atoms with Crippen LogP contribution in [0.4, 0.5) is 5.69 Å². The fourth-order valence-corrected chi connectivity index (χ4v) is 3.96. The first-order valence-corrected chi connectivity index (χ1v) is 7.93. The molecule has 2 nitrogen and oxygen atoms in total. The molecule has 0 spiro atoms. The van der Waals surface area contributed by atoms with Crippen molar-refractivity contribution >= 4 is 38.7 Å². The number of fused-ring (bicyclic) bond motifs is 1. The molecule has 3 rings (SSSR count). The molecule has 1 aromatic heterocycles. The minimum Gasteiger partial charge on any atom is -0.366 e. The molecule has 0 unspecified atom stereocenters. The van der Waals surface area contributed by atoms with Gasteiger partial charge in [-0.3, -0.25) is 4.79 Å². The second-order valence-electron chi connectivity index (χ2n) is 4.76. The van der Waals surface area contributed by atoms with Crippen LogP contribution in [0.2, 0.25) is 0 Å². The van der Waals surface area contributed by atoms with Gasteiger partial charge in [0.05, 0.1) is 6.54 Å². The lowest BCUT2D eigenvalue weighted by atomic mass is 10.1. The molecule has 2 heterocycles. The number of thiophene rings is 1. The maximum Gasteiger partial charge on any atom is 0.159 e. The van der Waals surface area contributed by atoms with E-state index in [2.05, 4.69) is 38.3 Å². The Morgan fingerprint density at radius 1 is 1.42 bits per heavy atom. The van der Waals surface area contributed by atoms with Crippen LogP contribution in [0.15, 0.2) is 34.1 Å². The minimum absolute atomic E-state index is 0.141. The molecule has 0 bridgehead atoms. The zero-order chi connectivity index (χ0) is 13.4. The van der Waals surface area contributed by atoms with E-state index in [4.69, 9.17) is 0 Å². The Labute approximate surface area is 125 Å². The molecular weight excluding hydrogens is 322 g/mol. The molecule has 0 saturated heterocycles. The van der Waals surface area contributed by atoms with Crippen molar-refractivity contribution in [3.8, 4) is 0 Å². The summed E-state index contributed by atoms with van der Waals surface area (Å²) in [6, 6.07) is 8.15. The first-order chi connectivity index (χ1) is 9.15. The number of nitrogens with zero attached hydrogens (tertiary/aromatic N) is 1. The quantitative estimate of drug-likeness (QED) is 0.780. The summed E-state index contributed by atoms with van der Waals surface area (Å²) in [6.45, 7) is 3.59. The van der Waals surface area contributed by atoms with Gasteiger partial charge in [0.1, 0.15) is 0 Å². The van der Waals surface area contributed by atoms with Gasteiger partial charge in [-0.15, -0.1) is 11.3 Å². The number of halogens is 1. The van der Waals surface area contributed by atoms with Crippen LogP contribution < -0.4 is 4.90 Å². The number of carbonyl (C=O) groups is 1. The summed E-state index contributed by atoms with van der Waals surface area (Å²) in [7, 11) is 0. The van der Waals surface area contributed by atoms with Crippen LogP contribution in [-0.2, 0) is 13.0 Å². The molecule has 1 aliphatic rings. The SMILES string of the molecule is CC(=O)c1ccc2c(c1)CCN2Cc1sccc1Br. The first-order valence-electron chi connectivity index (χ1n) is 6.26. The monoisotopic (exact) mass is 335 g/mol. The maximum absolute atomic E-state index is 11.4. The van der Waals surface area contributed by atoms with Crippen molar-refractivity contribution in [2.45, 2.75) is 19.9 Å². The first kappa shape index (κ1) is 12.9. The highest BCUT2D eigenvalue weighted by atomic mass is 79.9. The predicted molar refractivity (Wildman–Crippen MR) is 83.2 cm³/mol. The number of hydrogen-bond donors (Lipinski definition) is 0. The number of anilines is 1. The van der Waals surface area contributed by atoms with E-state index in [1.54, 1.807) is 18.3 Å². The summed E-state index contributed by atoms with van der Waals surface area (Å²) in [5, 5.41) is 2.11. The molecule has 19 heavy (non-hydrogen) atoms. The molecule has 0 atom stereocenters. The molecule has 0 aliphatic carbocycles. The summed E-state index contributed by atoms with van der Waals surface area (Å²) in [4.78, 5) is 15.1. The van der Waals surface area contributed by atoms with E-state index in [0.29, 0.717) is 0 Å². The van der Waals surface area contributed by atoms with Gasteiger partial charge < -0.3 is 4.90 Å².